The van der Waals surface area contributed by atoms with Gasteiger partial charge in [-0.25, -0.2) is 4.79 Å². The van der Waals surface area contributed by atoms with Gasteiger partial charge in [-0.1, -0.05) is 22.0 Å². The van der Waals surface area contributed by atoms with E-state index < -0.39 is 0 Å². The predicted octanol–water partition coefficient (Wildman–Crippen LogP) is 3.10. The van der Waals surface area contributed by atoms with Crippen molar-refractivity contribution in [3.8, 4) is 0 Å². The Labute approximate surface area is 96.2 Å². The molecule has 0 aliphatic rings. The average molecular weight is 275 g/mol. The van der Waals surface area contributed by atoms with Crippen LogP contribution in [0.2, 0.25) is 0 Å². The van der Waals surface area contributed by atoms with E-state index in [2.05, 4.69) is 15.9 Å². The van der Waals surface area contributed by atoms with Gasteiger partial charge in [-0.2, -0.15) is 11.8 Å². The van der Waals surface area contributed by atoms with Crippen LogP contribution >= 0.6 is 27.7 Å². The van der Waals surface area contributed by atoms with Crippen molar-refractivity contribution in [1.29, 1.82) is 0 Å². The fourth-order valence-electron chi connectivity index (χ4n) is 1.15. The number of halogens is 1. The third-order valence-corrected chi connectivity index (χ3v) is 3.13. The first-order valence-electron chi connectivity index (χ1n) is 4.05. The monoisotopic (exact) mass is 274 g/mol. The van der Waals surface area contributed by atoms with Gasteiger partial charge in [-0.3, -0.25) is 0 Å². The van der Waals surface area contributed by atoms with Crippen LogP contribution in [0.25, 0.3) is 0 Å². The molecule has 1 rings (SSSR count). The number of carbonyl (C=O) groups excluding carboxylic acids is 1. The second kappa shape index (κ2) is 5.41. The molecule has 2 nitrogen and oxygen atoms in total. The highest BCUT2D eigenvalue weighted by atomic mass is 79.9. The van der Waals surface area contributed by atoms with Gasteiger partial charge in [0.1, 0.15) is 0 Å². The minimum Gasteiger partial charge on any atom is -0.465 e. The van der Waals surface area contributed by atoms with Gasteiger partial charge in [0, 0.05) is 10.2 Å². The molecule has 0 unspecified atom stereocenters. The molecule has 0 heterocycles. The first-order chi connectivity index (χ1) is 6.70. The highest BCUT2D eigenvalue weighted by Crippen LogP contribution is 2.24. The standard InChI is InChI=1S/C10H11BrO2S/c1-13-10(12)7-4-3-5-9(11)8(7)6-14-2/h3-5H,6H2,1-2H3. The smallest absolute Gasteiger partial charge is 0.338 e. The Morgan fingerprint density at radius 3 is 2.86 bits per heavy atom. The van der Waals surface area contributed by atoms with Crippen LogP contribution in [0.5, 0.6) is 0 Å². The molecule has 0 fully saturated rings. The molecule has 0 N–H and O–H groups in total. The lowest BCUT2D eigenvalue weighted by molar-refractivity contribution is 0.0599. The van der Waals surface area contributed by atoms with E-state index >= 15 is 0 Å². The summed E-state index contributed by atoms with van der Waals surface area (Å²) in [5.74, 6) is 0.515. The second-order valence-electron chi connectivity index (χ2n) is 2.69. The summed E-state index contributed by atoms with van der Waals surface area (Å²) < 4.78 is 5.66. The quantitative estimate of drug-likeness (QED) is 0.793. The van der Waals surface area contributed by atoms with Gasteiger partial charge in [0.05, 0.1) is 12.7 Å². The average Bonchev–Trinajstić information content (AvgIpc) is 2.20. The Hall–Kier alpha value is -0.480. The first-order valence-corrected chi connectivity index (χ1v) is 6.24. The molecular weight excluding hydrogens is 264 g/mol. The summed E-state index contributed by atoms with van der Waals surface area (Å²) in [6, 6.07) is 5.54. The zero-order chi connectivity index (χ0) is 10.6. The lowest BCUT2D eigenvalue weighted by Gasteiger charge is -2.08. The number of rotatable bonds is 3. The lowest BCUT2D eigenvalue weighted by Crippen LogP contribution is -2.05. The van der Waals surface area contributed by atoms with Crippen LogP contribution in [-0.2, 0) is 10.5 Å². The molecule has 0 atom stereocenters. The SMILES string of the molecule is COC(=O)c1cccc(Br)c1CSC. The maximum atomic E-state index is 11.4. The van der Waals surface area contributed by atoms with E-state index in [0.717, 1.165) is 15.8 Å². The molecule has 0 amide bonds. The summed E-state index contributed by atoms with van der Waals surface area (Å²) in [6.07, 6.45) is 2.00. The summed E-state index contributed by atoms with van der Waals surface area (Å²) in [5.41, 5.74) is 1.63. The Kier molecular flexibility index (Phi) is 4.48. The molecule has 0 radical (unpaired) electrons. The first kappa shape index (κ1) is 11.6. The fraction of sp³-hybridized carbons (Fsp3) is 0.300. The Morgan fingerprint density at radius 1 is 1.57 bits per heavy atom. The van der Waals surface area contributed by atoms with E-state index in [1.165, 1.54) is 7.11 Å². The molecule has 76 valence electrons. The third-order valence-electron chi connectivity index (χ3n) is 1.81. The van der Waals surface area contributed by atoms with E-state index in [0.29, 0.717) is 5.56 Å². The van der Waals surface area contributed by atoms with Crippen molar-refractivity contribution in [2.24, 2.45) is 0 Å². The summed E-state index contributed by atoms with van der Waals surface area (Å²) >= 11 is 5.10. The number of methoxy groups -OCH3 is 1. The molecule has 4 heteroatoms. The topological polar surface area (TPSA) is 26.3 Å². The van der Waals surface area contributed by atoms with Gasteiger partial charge in [-0.15, -0.1) is 0 Å². The van der Waals surface area contributed by atoms with Crippen LogP contribution in [0.1, 0.15) is 15.9 Å². The molecule has 1 aromatic rings. The van der Waals surface area contributed by atoms with Crippen molar-refractivity contribution < 1.29 is 9.53 Å². The third kappa shape index (κ3) is 2.51. The van der Waals surface area contributed by atoms with Crippen molar-refractivity contribution in [1.82, 2.24) is 0 Å². The molecule has 14 heavy (non-hydrogen) atoms. The number of hydrogen-bond acceptors (Lipinski definition) is 3. The molecule has 0 saturated carbocycles. The van der Waals surface area contributed by atoms with Gasteiger partial charge >= 0.3 is 5.97 Å². The van der Waals surface area contributed by atoms with Gasteiger partial charge in [0.25, 0.3) is 0 Å². The zero-order valence-electron chi connectivity index (χ0n) is 8.04. The van der Waals surface area contributed by atoms with Crippen molar-refractivity contribution in [3.05, 3.63) is 33.8 Å². The summed E-state index contributed by atoms with van der Waals surface area (Å²) in [5, 5.41) is 0. The number of ether oxygens (including phenoxy) is 1. The highest BCUT2D eigenvalue weighted by molar-refractivity contribution is 9.10. The molecule has 0 aliphatic heterocycles. The van der Waals surface area contributed by atoms with E-state index in [1.54, 1.807) is 17.8 Å². The van der Waals surface area contributed by atoms with Crippen molar-refractivity contribution in [3.63, 3.8) is 0 Å². The van der Waals surface area contributed by atoms with E-state index in [4.69, 9.17) is 4.74 Å². The van der Waals surface area contributed by atoms with Crippen molar-refractivity contribution >= 4 is 33.7 Å². The Morgan fingerprint density at radius 2 is 2.29 bits per heavy atom. The minimum atomic E-state index is -0.282. The largest absolute Gasteiger partial charge is 0.465 e. The molecule has 0 saturated heterocycles. The summed E-state index contributed by atoms with van der Waals surface area (Å²) in [4.78, 5) is 11.4. The van der Waals surface area contributed by atoms with Crippen LogP contribution in [0.15, 0.2) is 22.7 Å². The van der Waals surface area contributed by atoms with E-state index in [9.17, 15) is 4.79 Å². The Bertz CT molecular complexity index is 339. The maximum absolute atomic E-state index is 11.4. The Balaban J connectivity index is 3.13. The minimum absolute atomic E-state index is 0.282. The summed E-state index contributed by atoms with van der Waals surface area (Å²) in [7, 11) is 1.39. The molecule has 0 aromatic heterocycles. The van der Waals surface area contributed by atoms with Gasteiger partial charge < -0.3 is 4.74 Å². The van der Waals surface area contributed by atoms with Crippen molar-refractivity contribution in [2.45, 2.75) is 5.75 Å². The molecule has 0 spiro atoms. The maximum Gasteiger partial charge on any atom is 0.338 e. The number of thioether (sulfide) groups is 1. The number of benzene rings is 1. The van der Waals surface area contributed by atoms with E-state index in [-0.39, 0.29) is 5.97 Å². The fourth-order valence-corrected chi connectivity index (χ4v) is 2.44. The number of esters is 1. The molecule has 1 aromatic carbocycles. The van der Waals surface area contributed by atoms with Gasteiger partial charge in [0.2, 0.25) is 0 Å². The molecule has 0 aliphatic carbocycles. The normalized spacial score (nSPS) is 9.93. The summed E-state index contributed by atoms with van der Waals surface area (Å²) in [6.45, 7) is 0. The number of carbonyl (C=O) groups is 1. The molecular formula is C10H11BrO2S. The van der Waals surface area contributed by atoms with Crippen LogP contribution in [0, 0.1) is 0 Å². The predicted molar refractivity (Wildman–Crippen MR) is 62.7 cm³/mol. The van der Waals surface area contributed by atoms with Gasteiger partial charge in [0.15, 0.2) is 0 Å². The number of hydrogen-bond donors (Lipinski definition) is 0. The van der Waals surface area contributed by atoms with Gasteiger partial charge in [-0.05, 0) is 24.0 Å². The highest BCUT2D eigenvalue weighted by Gasteiger charge is 2.13. The van der Waals surface area contributed by atoms with Crippen LogP contribution < -0.4 is 0 Å². The van der Waals surface area contributed by atoms with Crippen LogP contribution in [0.3, 0.4) is 0 Å². The molecule has 0 bridgehead atoms. The van der Waals surface area contributed by atoms with Crippen LogP contribution in [0.4, 0.5) is 0 Å². The lowest BCUT2D eigenvalue weighted by atomic mass is 10.1. The second-order valence-corrected chi connectivity index (χ2v) is 4.41. The van der Waals surface area contributed by atoms with Crippen LogP contribution in [-0.4, -0.2) is 19.3 Å². The zero-order valence-corrected chi connectivity index (χ0v) is 10.4. The van der Waals surface area contributed by atoms with Crippen molar-refractivity contribution in [2.75, 3.05) is 13.4 Å². The van der Waals surface area contributed by atoms with E-state index in [1.807, 2.05) is 18.4 Å².